The van der Waals surface area contributed by atoms with E-state index in [1.54, 1.807) is 39.8 Å². The monoisotopic (exact) mass is 511 g/mol. The minimum absolute atomic E-state index is 0.113. The largest absolute Gasteiger partial charge is 0.457 e. The van der Waals surface area contributed by atoms with Gasteiger partial charge < -0.3 is 14.9 Å². The van der Waals surface area contributed by atoms with Gasteiger partial charge in [0.2, 0.25) is 0 Å². The van der Waals surface area contributed by atoms with Crippen LogP contribution in [0, 0.1) is 24.2 Å². The smallest absolute Gasteiger partial charge is 0.309 e. The summed E-state index contributed by atoms with van der Waals surface area (Å²) in [5.41, 5.74) is 0.172. The molecule has 7 nitrogen and oxygen atoms in total. The second-order valence-electron chi connectivity index (χ2n) is 10.1. The van der Waals surface area contributed by atoms with Gasteiger partial charge in [-0.05, 0) is 50.3 Å². The van der Waals surface area contributed by atoms with Crippen LogP contribution in [0.15, 0.2) is 22.8 Å². The van der Waals surface area contributed by atoms with Crippen LogP contribution < -0.4 is 0 Å². The number of aliphatic hydroxyl groups is 2. The molecule has 0 amide bonds. The maximum Gasteiger partial charge on any atom is 0.309 e. The zero-order valence-electron chi connectivity index (χ0n) is 21.4. The lowest BCUT2D eigenvalue weighted by molar-refractivity contribution is -0.154. The van der Waals surface area contributed by atoms with Crippen molar-refractivity contribution in [3.05, 3.63) is 33.5 Å². The minimum atomic E-state index is -1.30. The topological polar surface area (TPSA) is 106 Å². The standard InChI is InChI=1S/C26H38FNO6S/c1-15-8-7-9-20(34-27)10-11-21(16(2)12-19-14-35-18(4)28-19)33-23(30)13-22(29)26(5,6)25(32)17(3)24(15)31/h10,12,14-15,17,21-22,24,29,31H,7-9,11,13H2,1-6H3/b16-12+,20-10+/t15-,17+,21-,22-,24-/m0/s1. The number of rotatable bonds is 3. The van der Waals surface area contributed by atoms with Crippen molar-refractivity contribution in [2.24, 2.45) is 17.3 Å². The van der Waals surface area contributed by atoms with Crippen molar-refractivity contribution < 1.29 is 34.0 Å². The quantitative estimate of drug-likeness (QED) is 0.544. The molecule has 0 aliphatic carbocycles. The van der Waals surface area contributed by atoms with E-state index in [0.717, 1.165) is 10.7 Å². The van der Waals surface area contributed by atoms with Crippen molar-refractivity contribution in [3.63, 3.8) is 0 Å². The highest BCUT2D eigenvalue weighted by molar-refractivity contribution is 7.09. The third kappa shape index (κ3) is 7.95. The summed E-state index contributed by atoms with van der Waals surface area (Å²) in [6, 6.07) is 0. The number of esters is 1. The van der Waals surface area contributed by atoms with Crippen LogP contribution in [0.5, 0.6) is 0 Å². The number of thiazole rings is 1. The first-order valence-electron chi connectivity index (χ1n) is 12.0. The van der Waals surface area contributed by atoms with Crippen molar-refractivity contribution in [2.75, 3.05) is 0 Å². The number of hydrogen-bond donors (Lipinski definition) is 2. The Morgan fingerprint density at radius 3 is 2.60 bits per heavy atom. The molecule has 0 bridgehead atoms. The highest BCUT2D eigenvalue weighted by Crippen LogP contribution is 2.32. The van der Waals surface area contributed by atoms with Gasteiger partial charge >= 0.3 is 5.97 Å². The van der Waals surface area contributed by atoms with Crippen LogP contribution >= 0.6 is 11.3 Å². The van der Waals surface area contributed by atoms with E-state index in [-0.39, 0.29) is 23.9 Å². The van der Waals surface area contributed by atoms with Gasteiger partial charge in [0.1, 0.15) is 17.6 Å². The summed E-state index contributed by atoms with van der Waals surface area (Å²) < 4.78 is 18.9. The van der Waals surface area contributed by atoms with Crippen molar-refractivity contribution in [3.8, 4) is 0 Å². The second kappa shape index (κ2) is 12.7. The average molecular weight is 512 g/mol. The molecule has 1 aromatic rings. The Morgan fingerprint density at radius 1 is 1.31 bits per heavy atom. The molecule has 0 saturated carbocycles. The predicted molar refractivity (Wildman–Crippen MR) is 133 cm³/mol. The van der Waals surface area contributed by atoms with E-state index < -0.39 is 42.0 Å². The zero-order valence-corrected chi connectivity index (χ0v) is 22.2. The summed E-state index contributed by atoms with van der Waals surface area (Å²) in [6.45, 7) is 10.3. The fraction of sp³-hybridized carbons (Fsp3) is 0.654. The molecular formula is C26H38FNO6S. The highest BCUT2D eigenvalue weighted by Gasteiger charge is 2.42. The van der Waals surface area contributed by atoms with Crippen LogP contribution in [-0.4, -0.2) is 45.3 Å². The number of allylic oxidation sites excluding steroid dienone is 1. The number of carbonyl (C=O) groups excluding carboxylic acids is 2. The third-order valence-electron chi connectivity index (χ3n) is 6.87. The molecule has 1 aliphatic heterocycles. The molecule has 0 aromatic carbocycles. The molecule has 0 unspecified atom stereocenters. The highest BCUT2D eigenvalue weighted by atomic mass is 32.1. The van der Waals surface area contributed by atoms with Gasteiger partial charge in [-0.25, -0.2) is 4.98 Å². The second-order valence-corrected chi connectivity index (χ2v) is 11.2. The number of aromatic nitrogens is 1. The predicted octanol–water partition coefficient (Wildman–Crippen LogP) is 5.11. The number of ether oxygens (including phenoxy) is 1. The molecule has 0 saturated heterocycles. The van der Waals surface area contributed by atoms with E-state index >= 15 is 0 Å². The summed E-state index contributed by atoms with van der Waals surface area (Å²) in [4.78, 5) is 34.4. The summed E-state index contributed by atoms with van der Waals surface area (Å²) in [5, 5.41) is 24.3. The molecule has 196 valence electrons. The summed E-state index contributed by atoms with van der Waals surface area (Å²) in [6.07, 6.45) is 1.57. The maximum absolute atomic E-state index is 13.2. The van der Waals surface area contributed by atoms with Gasteiger partial charge in [-0.3, -0.25) is 14.5 Å². The molecule has 2 rings (SSSR count). The number of ketones is 1. The van der Waals surface area contributed by atoms with E-state index in [0.29, 0.717) is 24.8 Å². The molecular weight excluding hydrogens is 473 g/mol. The number of aliphatic hydroxyl groups excluding tert-OH is 2. The van der Waals surface area contributed by atoms with Gasteiger partial charge in [-0.2, -0.15) is 0 Å². The lowest BCUT2D eigenvalue weighted by Crippen LogP contribution is -2.45. The van der Waals surface area contributed by atoms with Crippen LogP contribution in [0.3, 0.4) is 0 Å². The van der Waals surface area contributed by atoms with Gasteiger partial charge in [0, 0.05) is 28.7 Å². The fourth-order valence-electron chi connectivity index (χ4n) is 4.30. The Kier molecular flexibility index (Phi) is 10.6. The Morgan fingerprint density at radius 2 is 2.00 bits per heavy atom. The maximum atomic E-state index is 13.2. The molecule has 1 aromatic heterocycles. The molecule has 2 heterocycles. The Labute approximate surface area is 211 Å². The van der Waals surface area contributed by atoms with E-state index in [2.05, 4.69) is 9.93 Å². The van der Waals surface area contributed by atoms with Gasteiger partial charge in [-0.1, -0.05) is 27.7 Å². The molecule has 0 radical (unpaired) electrons. The van der Waals surface area contributed by atoms with Gasteiger partial charge in [0.15, 0.2) is 0 Å². The number of Topliss-reactive ketones (excluding diaryl/α,β-unsaturated/α-hetero) is 1. The lowest BCUT2D eigenvalue weighted by Gasteiger charge is -2.34. The molecule has 1 aliphatic rings. The van der Waals surface area contributed by atoms with Gasteiger partial charge in [0.05, 0.1) is 34.7 Å². The third-order valence-corrected chi connectivity index (χ3v) is 7.66. The first-order chi connectivity index (χ1) is 16.4. The average Bonchev–Trinajstić information content (AvgIpc) is 3.21. The first kappa shape index (κ1) is 29.1. The number of aryl methyl sites for hydroxylation is 1. The molecule has 9 heteroatoms. The van der Waals surface area contributed by atoms with E-state index in [1.807, 2.05) is 19.2 Å². The number of nitrogens with zero attached hydrogens (tertiary/aromatic N) is 1. The van der Waals surface area contributed by atoms with Crippen LogP contribution in [0.25, 0.3) is 6.08 Å². The Bertz CT molecular complexity index is 940. The van der Waals surface area contributed by atoms with Crippen molar-refractivity contribution in [2.45, 2.75) is 92.0 Å². The van der Waals surface area contributed by atoms with Crippen molar-refractivity contribution in [1.29, 1.82) is 0 Å². The van der Waals surface area contributed by atoms with Crippen molar-refractivity contribution >= 4 is 29.2 Å². The lowest BCUT2D eigenvalue weighted by atomic mass is 9.73. The van der Waals surface area contributed by atoms with Crippen molar-refractivity contribution in [1.82, 2.24) is 4.98 Å². The summed E-state index contributed by atoms with van der Waals surface area (Å²) >= 11 is 1.50. The van der Waals surface area contributed by atoms with Gasteiger partial charge in [0.25, 0.3) is 0 Å². The van der Waals surface area contributed by atoms with E-state index in [9.17, 15) is 24.3 Å². The molecule has 0 spiro atoms. The zero-order chi connectivity index (χ0) is 26.3. The summed E-state index contributed by atoms with van der Waals surface area (Å²) in [5.74, 6) is -1.87. The SMILES string of the molecule is C/C(=C\c1csc(C)n1)[C@@H]1C/C=C(/OF)CCC[C@H](C)[C@H](O)[C@@H](C)C(=O)C(C)(C)[C@@H](O)CC(=O)O1. The minimum Gasteiger partial charge on any atom is -0.457 e. The number of hydrogen-bond acceptors (Lipinski definition) is 8. The molecule has 2 N–H and O–H groups in total. The van der Waals surface area contributed by atoms with Gasteiger partial charge in [-0.15, -0.1) is 11.3 Å². The van der Waals surface area contributed by atoms with Crippen LogP contribution in [-0.2, 0) is 19.3 Å². The molecule has 5 atom stereocenters. The molecule has 0 fully saturated rings. The van der Waals surface area contributed by atoms with Crippen LogP contribution in [0.1, 0.15) is 77.4 Å². The number of carbonyl (C=O) groups is 2. The summed E-state index contributed by atoms with van der Waals surface area (Å²) in [7, 11) is 0. The fourth-order valence-corrected chi connectivity index (χ4v) is 4.87. The number of cyclic esters (lactones) is 1. The number of halogens is 1. The van der Waals surface area contributed by atoms with Crippen LogP contribution in [0.2, 0.25) is 0 Å². The first-order valence-corrected chi connectivity index (χ1v) is 12.9. The van der Waals surface area contributed by atoms with Crippen LogP contribution in [0.4, 0.5) is 4.53 Å². The Hall–Kier alpha value is -2.10. The molecule has 35 heavy (non-hydrogen) atoms. The van der Waals surface area contributed by atoms with E-state index in [4.69, 9.17) is 4.74 Å². The van der Waals surface area contributed by atoms with E-state index in [1.165, 1.54) is 11.3 Å². The Balaban J connectivity index is 2.37. The normalized spacial score (nSPS) is 31.4.